The molecule has 2 N–H and O–H groups in total. The minimum Gasteiger partial charge on any atom is -0.509 e. The standard InChI is InChI=1S/C18H14BrF3N2O/c1-24-15(10-6-3-2-4-7-10)16(25)13(17(24)23)11-8-5-9-12(14(11)19)18(20,21)22/h2-9,15,23,25H,1H3. The van der Waals surface area contributed by atoms with E-state index in [1.807, 2.05) is 6.07 Å². The summed E-state index contributed by atoms with van der Waals surface area (Å²) < 4.78 is 39.3. The molecule has 3 rings (SSSR count). The minimum absolute atomic E-state index is 0.0358. The molecular formula is C18H14BrF3N2O. The molecule has 1 atom stereocenters. The van der Waals surface area contributed by atoms with Gasteiger partial charge in [-0.1, -0.05) is 42.5 Å². The second kappa shape index (κ2) is 6.22. The van der Waals surface area contributed by atoms with Crippen LogP contribution in [0.5, 0.6) is 0 Å². The molecule has 0 radical (unpaired) electrons. The third-order valence-corrected chi connectivity index (χ3v) is 5.04. The largest absolute Gasteiger partial charge is 0.509 e. The van der Waals surface area contributed by atoms with Gasteiger partial charge in [0.2, 0.25) is 0 Å². The first-order valence-electron chi connectivity index (χ1n) is 7.39. The number of aliphatic hydroxyl groups is 1. The van der Waals surface area contributed by atoms with Crippen molar-refractivity contribution in [2.24, 2.45) is 0 Å². The van der Waals surface area contributed by atoms with E-state index in [-0.39, 0.29) is 27.2 Å². The number of aliphatic hydroxyl groups excluding tert-OH is 1. The maximum absolute atomic E-state index is 13.2. The normalized spacial score (nSPS) is 18.2. The molecule has 2 aromatic carbocycles. The molecule has 0 bridgehead atoms. The first kappa shape index (κ1) is 17.5. The van der Waals surface area contributed by atoms with Crippen LogP contribution in [0, 0.1) is 5.41 Å². The van der Waals surface area contributed by atoms with Crippen molar-refractivity contribution in [3.8, 4) is 0 Å². The Kier molecular flexibility index (Phi) is 4.36. The maximum Gasteiger partial charge on any atom is 0.417 e. The Morgan fingerprint density at radius 3 is 2.32 bits per heavy atom. The molecule has 0 amide bonds. The van der Waals surface area contributed by atoms with Crippen LogP contribution in [0.15, 0.2) is 58.8 Å². The lowest BCUT2D eigenvalue weighted by Crippen LogP contribution is -2.25. The van der Waals surface area contributed by atoms with Crippen molar-refractivity contribution >= 4 is 27.3 Å². The van der Waals surface area contributed by atoms with Gasteiger partial charge in [-0.05, 0) is 27.6 Å². The summed E-state index contributed by atoms with van der Waals surface area (Å²) >= 11 is 3.00. The Morgan fingerprint density at radius 1 is 1.08 bits per heavy atom. The molecule has 2 aromatic rings. The van der Waals surface area contributed by atoms with E-state index in [9.17, 15) is 18.3 Å². The van der Waals surface area contributed by atoms with Crippen LogP contribution in [0.1, 0.15) is 22.7 Å². The Morgan fingerprint density at radius 2 is 1.72 bits per heavy atom. The topological polar surface area (TPSA) is 47.3 Å². The van der Waals surface area contributed by atoms with Gasteiger partial charge >= 0.3 is 6.18 Å². The highest BCUT2D eigenvalue weighted by Gasteiger charge is 2.39. The molecule has 0 aromatic heterocycles. The molecular weight excluding hydrogens is 397 g/mol. The van der Waals surface area contributed by atoms with E-state index in [0.29, 0.717) is 0 Å². The van der Waals surface area contributed by atoms with Crippen molar-refractivity contribution in [3.05, 3.63) is 75.5 Å². The van der Waals surface area contributed by atoms with Crippen LogP contribution >= 0.6 is 15.9 Å². The number of nitrogens with one attached hydrogen (secondary N) is 1. The van der Waals surface area contributed by atoms with Crippen LogP contribution in [-0.2, 0) is 6.18 Å². The Labute approximate surface area is 151 Å². The smallest absolute Gasteiger partial charge is 0.417 e. The third kappa shape index (κ3) is 2.93. The van der Waals surface area contributed by atoms with Crippen LogP contribution in [-0.4, -0.2) is 22.9 Å². The highest BCUT2D eigenvalue weighted by molar-refractivity contribution is 9.10. The summed E-state index contributed by atoms with van der Waals surface area (Å²) in [6.07, 6.45) is -4.53. The molecule has 1 aliphatic heterocycles. The number of halogens is 4. The van der Waals surface area contributed by atoms with Gasteiger partial charge in [0.05, 0.1) is 11.1 Å². The quantitative estimate of drug-likeness (QED) is 0.695. The van der Waals surface area contributed by atoms with Crippen molar-refractivity contribution in [1.82, 2.24) is 4.90 Å². The van der Waals surface area contributed by atoms with Gasteiger partial charge in [0.25, 0.3) is 0 Å². The van der Waals surface area contributed by atoms with Gasteiger partial charge in [-0.3, -0.25) is 5.41 Å². The summed E-state index contributed by atoms with van der Waals surface area (Å²) in [7, 11) is 1.63. The predicted molar refractivity (Wildman–Crippen MR) is 93.4 cm³/mol. The van der Waals surface area contributed by atoms with Crippen LogP contribution in [0.4, 0.5) is 13.2 Å². The first-order chi connectivity index (χ1) is 11.7. The second-order valence-corrected chi connectivity index (χ2v) is 6.49. The van der Waals surface area contributed by atoms with Crippen LogP contribution in [0.25, 0.3) is 5.57 Å². The van der Waals surface area contributed by atoms with Crippen molar-refractivity contribution in [1.29, 1.82) is 5.41 Å². The third-order valence-electron chi connectivity index (χ3n) is 4.18. The van der Waals surface area contributed by atoms with Gasteiger partial charge < -0.3 is 10.0 Å². The Bertz CT molecular complexity index is 862. The molecule has 0 saturated heterocycles. The zero-order valence-electron chi connectivity index (χ0n) is 13.1. The van der Waals surface area contributed by atoms with E-state index in [0.717, 1.165) is 11.6 Å². The number of hydrogen-bond acceptors (Lipinski definition) is 2. The number of rotatable bonds is 2. The van der Waals surface area contributed by atoms with E-state index >= 15 is 0 Å². The molecule has 25 heavy (non-hydrogen) atoms. The van der Waals surface area contributed by atoms with Crippen LogP contribution in [0.2, 0.25) is 0 Å². The summed E-state index contributed by atoms with van der Waals surface area (Å²) in [6.45, 7) is 0. The monoisotopic (exact) mass is 410 g/mol. The molecule has 3 nitrogen and oxygen atoms in total. The molecule has 0 aliphatic carbocycles. The van der Waals surface area contributed by atoms with Crippen LogP contribution < -0.4 is 0 Å². The van der Waals surface area contributed by atoms with Gasteiger partial charge in [-0.2, -0.15) is 13.2 Å². The van der Waals surface area contributed by atoms with Crippen molar-refractivity contribution in [3.63, 3.8) is 0 Å². The Hall–Kier alpha value is -2.28. The average Bonchev–Trinajstić information content (AvgIpc) is 2.77. The first-order valence-corrected chi connectivity index (χ1v) is 8.18. The van der Waals surface area contributed by atoms with Gasteiger partial charge in [0, 0.05) is 17.1 Å². The SMILES string of the molecule is CN1C(=N)C(c2cccc(C(F)(F)F)c2Br)=C(O)C1c1ccccc1. The van der Waals surface area contributed by atoms with Crippen molar-refractivity contribution in [2.75, 3.05) is 7.05 Å². The lowest BCUT2D eigenvalue weighted by Gasteiger charge is -2.22. The van der Waals surface area contributed by atoms with Gasteiger partial charge in [0.15, 0.2) is 0 Å². The summed E-state index contributed by atoms with van der Waals surface area (Å²) in [5.74, 6) is -0.176. The fraction of sp³-hybridized carbons (Fsp3) is 0.167. The fourth-order valence-corrected chi connectivity index (χ4v) is 3.66. The van der Waals surface area contributed by atoms with E-state index in [1.165, 1.54) is 17.0 Å². The number of benzene rings is 2. The number of amidine groups is 1. The molecule has 0 fully saturated rings. The summed E-state index contributed by atoms with van der Waals surface area (Å²) in [5.41, 5.74) is 0.145. The average molecular weight is 411 g/mol. The molecule has 130 valence electrons. The maximum atomic E-state index is 13.2. The van der Waals surface area contributed by atoms with Gasteiger partial charge in [-0.25, -0.2) is 0 Å². The zero-order valence-corrected chi connectivity index (χ0v) is 14.7. The molecule has 0 saturated carbocycles. The van der Waals surface area contributed by atoms with E-state index in [1.54, 1.807) is 31.3 Å². The van der Waals surface area contributed by atoms with E-state index in [2.05, 4.69) is 15.9 Å². The molecule has 1 unspecified atom stereocenters. The lowest BCUT2D eigenvalue weighted by molar-refractivity contribution is -0.138. The summed E-state index contributed by atoms with van der Waals surface area (Å²) in [4.78, 5) is 1.53. The predicted octanol–water partition coefficient (Wildman–Crippen LogP) is 5.40. The molecule has 0 spiro atoms. The molecule has 1 heterocycles. The second-order valence-electron chi connectivity index (χ2n) is 5.70. The number of likely N-dealkylation sites (N-methyl/N-ethyl adjacent to an activating group) is 1. The summed E-state index contributed by atoms with van der Waals surface area (Å²) in [6, 6.07) is 12.1. The number of nitrogens with zero attached hydrogens (tertiary/aromatic N) is 1. The summed E-state index contributed by atoms with van der Waals surface area (Å²) in [5, 5.41) is 19.0. The van der Waals surface area contributed by atoms with Gasteiger partial charge in [-0.15, -0.1) is 0 Å². The van der Waals surface area contributed by atoms with Crippen LogP contribution in [0.3, 0.4) is 0 Å². The molecule has 7 heteroatoms. The van der Waals surface area contributed by atoms with Crippen molar-refractivity contribution < 1.29 is 18.3 Å². The van der Waals surface area contributed by atoms with E-state index < -0.39 is 17.8 Å². The van der Waals surface area contributed by atoms with E-state index in [4.69, 9.17) is 5.41 Å². The fourth-order valence-electron chi connectivity index (χ4n) is 2.97. The minimum atomic E-state index is -4.53. The van der Waals surface area contributed by atoms with Crippen molar-refractivity contribution in [2.45, 2.75) is 12.2 Å². The highest BCUT2D eigenvalue weighted by Crippen LogP contribution is 2.44. The highest BCUT2D eigenvalue weighted by atomic mass is 79.9. The molecule has 1 aliphatic rings. The number of alkyl halides is 3. The zero-order chi connectivity index (χ0) is 18.4. The lowest BCUT2D eigenvalue weighted by atomic mass is 9.99. The van der Waals surface area contributed by atoms with Gasteiger partial charge in [0.1, 0.15) is 17.6 Å². The number of hydrogen-bond donors (Lipinski definition) is 2. The Balaban J connectivity index is 2.17.